The second-order valence-corrected chi connectivity index (χ2v) is 23.1. The maximum atomic E-state index is 15.4. The van der Waals surface area contributed by atoms with E-state index >= 15 is 4.39 Å². The van der Waals surface area contributed by atoms with Crippen LogP contribution in [-0.2, 0) is 93.8 Å². The van der Waals surface area contributed by atoms with Crippen LogP contribution in [0.25, 0.3) is 22.3 Å². The summed E-state index contributed by atoms with van der Waals surface area (Å²) in [7, 11) is 0. The second kappa shape index (κ2) is 32.4. The predicted octanol–water partition coefficient (Wildman–Crippen LogP) is 3.46. The summed E-state index contributed by atoms with van der Waals surface area (Å²) < 4.78 is 43.6. The fourth-order valence-corrected chi connectivity index (χ4v) is 11.4. The molecule has 0 fully saturated rings. The number of esters is 1. The third-order valence-corrected chi connectivity index (χ3v) is 16.4. The first-order valence-corrected chi connectivity index (χ1v) is 30.4. The number of halogens is 1. The van der Waals surface area contributed by atoms with Gasteiger partial charge in [-0.05, 0) is 91.8 Å². The van der Waals surface area contributed by atoms with Gasteiger partial charge >= 0.3 is 24.1 Å². The minimum Gasteiger partial charge on any atom is -0.481 e. The number of ketones is 3. The van der Waals surface area contributed by atoms with Crippen LogP contribution in [0, 0.1) is 30.5 Å². The van der Waals surface area contributed by atoms with Crippen LogP contribution in [0.5, 0.6) is 0 Å². The average molecular weight is 1270 g/mol. The van der Waals surface area contributed by atoms with Crippen molar-refractivity contribution in [1.29, 1.82) is 0 Å². The summed E-state index contributed by atoms with van der Waals surface area (Å²) in [4.78, 5) is 148. The zero-order chi connectivity index (χ0) is 66.1. The number of alkyl carbamates (subject to hydrolysis) is 1. The number of nitrogens with zero attached hydrogens (tertiary/aromatic N) is 2. The van der Waals surface area contributed by atoms with Crippen LogP contribution < -0.4 is 43.6 Å². The number of aryl methyl sites for hydroxylation is 1. The maximum Gasteiger partial charge on any atom is 0.407 e. The first-order chi connectivity index (χ1) is 43.4. The Hall–Kier alpha value is -8.57. The Morgan fingerprint density at radius 3 is 2.26 bits per heavy atom. The van der Waals surface area contributed by atoms with Crippen molar-refractivity contribution in [2.45, 2.75) is 136 Å². The smallest absolute Gasteiger partial charge is 0.407 e. The van der Waals surface area contributed by atoms with Crippen molar-refractivity contribution in [3.8, 4) is 11.4 Å². The third kappa shape index (κ3) is 18.1. The summed E-state index contributed by atoms with van der Waals surface area (Å²) in [6.07, 6.45) is -1.22. The van der Waals surface area contributed by atoms with E-state index in [1.54, 1.807) is 45.9 Å². The summed E-state index contributed by atoms with van der Waals surface area (Å²) in [5.74, 6) is -8.05. The predicted molar refractivity (Wildman–Crippen MR) is 324 cm³/mol. The second-order valence-electron chi connectivity index (χ2n) is 23.1. The van der Waals surface area contributed by atoms with Crippen LogP contribution in [-0.4, -0.2) is 144 Å². The van der Waals surface area contributed by atoms with Crippen molar-refractivity contribution in [3.05, 3.63) is 91.5 Å². The van der Waals surface area contributed by atoms with Crippen LogP contribution in [0.1, 0.15) is 130 Å². The number of aromatic nitrogens is 2. The van der Waals surface area contributed by atoms with Crippen molar-refractivity contribution in [1.82, 2.24) is 30.8 Å². The van der Waals surface area contributed by atoms with Crippen molar-refractivity contribution in [2.75, 3.05) is 64.6 Å². The van der Waals surface area contributed by atoms with E-state index in [-0.39, 0.29) is 121 Å². The van der Waals surface area contributed by atoms with Crippen LogP contribution >= 0.6 is 0 Å². The Morgan fingerprint density at radius 2 is 1.57 bits per heavy atom. The van der Waals surface area contributed by atoms with Gasteiger partial charge in [0.1, 0.15) is 31.4 Å². The van der Waals surface area contributed by atoms with Gasteiger partial charge in [-0.3, -0.25) is 38.4 Å². The Morgan fingerprint density at radius 1 is 0.868 bits per heavy atom. The zero-order valence-corrected chi connectivity index (χ0v) is 51.5. The standard InChI is InChI=1S/C63H80FN9O18/c1-5-63(86)45-27-49-56-43(30-73(49)59(82)44(45)32-90-60(63)83)54-47(14-13-42-35(4)46(64)28-48(71-56)53(42)54)70-51(77)33-89-21-17-41(75)29-68-62(85)91-31-36-8-11-39(12-9-36)69-57(80)37(7-6-19-67-61(66)84)26-50(76)55(34(2)3)72-58(81)38(10-15-52(78)79)25-40(74)16-20-87-23-24-88-22-18-65/h8-9,11-12,27-28,34,37-38,47,55,86H,5-7,10,13-26,29-33,65H2,1-4H3,(H,68,85)(H,69,80)(H,70,77)(H,72,81)(H,78,79)(H3,66,67,84)/t37-,38-,47+,55+,63+/m1/s1. The number of carboxylic acids is 1. The van der Waals surface area contributed by atoms with Gasteiger partial charge in [-0.1, -0.05) is 32.9 Å². The molecule has 0 radical (unpaired) electrons. The summed E-state index contributed by atoms with van der Waals surface area (Å²) >= 11 is 0. The molecule has 4 aromatic rings. The summed E-state index contributed by atoms with van der Waals surface area (Å²) in [6.45, 7) is 6.51. The lowest BCUT2D eigenvalue weighted by molar-refractivity contribution is -0.172. The first-order valence-electron chi connectivity index (χ1n) is 30.4. The number of carbonyl (C=O) groups is 10. The SMILES string of the molecule is CC[C@@]1(O)C(=O)OCc2c1cc1n(c2=O)Cc2c-1nc1cc(F)c(C)c3c1c2[C@@H](NC(=O)COCCC(=O)CNC(=O)OCc1ccc(NC(=O)[C@H](CCCNC(N)=O)CC(=O)[C@@H](NC(=O)[C@H](CCC(=O)O)CC(=O)CCOCCOCCN)C(C)C)cc1)CC3. The summed E-state index contributed by atoms with van der Waals surface area (Å²) in [5.41, 5.74) is 12.6. The number of nitrogens with one attached hydrogen (secondary N) is 5. The molecule has 1 aliphatic carbocycles. The number of hydrogen-bond donors (Lipinski definition) is 9. The number of cyclic esters (lactones) is 1. The van der Waals surface area contributed by atoms with E-state index in [0.29, 0.717) is 76.2 Å². The van der Waals surface area contributed by atoms with Crippen molar-refractivity contribution in [3.63, 3.8) is 0 Å². The van der Waals surface area contributed by atoms with Gasteiger partial charge in [-0.25, -0.2) is 23.8 Å². The van der Waals surface area contributed by atoms with Gasteiger partial charge in [-0.2, -0.15) is 0 Å². The Kier molecular flexibility index (Phi) is 24.9. The molecule has 27 nitrogen and oxygen atoms in total. The van der Waals surface area contributed by atoms with Crippen LogP contribution in [0.2, 0.25) is 0 Å². The number of nitrogens with two attached hydrogens (primary N) is 2. The number of anilines is 1. The van der Waals surface area contributed by atoms with Crippen LogP contribution in [0.15, 0.2) is 41.2 Å². The number of aliphatic hydroxyl groups is 1. The number of pyridine rings is 2. The van der Waals surface area contributed by atoms with Crippen molar-refractivity contribution < 1.29 is 86.2 Å². The van der Waals surface area contributed by atoms with Crippen molar-refractivity contribution >= 4 is 75.7 Å². The molecule has 11 N–H and O–H groups in total. The van der Waals surface area contributed by atoms with Crippen LogP contribution in [0.4, 0.5) is 19.7 Å². The van der Waals surface area contributed by atoms with Gasteiger partial charge in [0.2, 0.25) is 17.7 Å². The van der Waals surface area contributed by atoms with E-state index in [2.05, 4.69) is 26.6 Å². The van der Waals surface area contributed by atoms with Gasteiger partial charge in [0, 0.05) is 85.3 Å². The van der Waals surface area contributed by atoms with Crippen molar-refractivity contribution in [2.24, 2.45) is 29.2 Å². The highest BCUT2D eigenvalue weighted by atomic mass is 19.1. The van der Waals surface area contributed by atoms with Gasteiger partial charge < -0.3 is 76.5 Å². The number of ether oxygens (including phenoxy) is 5. The molecule has 2 aliphatic heterocycles. The number of benzene rings is 2. The number of amides is 6. The van der Waals surface area contributed by atoms with Gasteiger partial charge in [0.15, 0.2) is 17.2 Å². The Bertz CT molecular complexity index is 3470. The molecule has 2 aromatic carbocycles. The number of rotatable bonds is 36. The summed E-state index contributed by atoms with van der Waals surface area (Å²) in [6, 6.07) is 6.59. The number of fused-ring (bicyclic) bond motifs is 5. The average Bonchev–Trinajstić information content (AvgIpc) is 1.64. The normalized spacial score (nSPS) is 16.3. The number of carbonyl (C=O) groups excluding carboxylic acids is 9. The molecule has 6 amide bonds. The number of hydrogen-bond acceptors (Lipinski definition) is 19. The summed E-state index contributed by atoms with van der Waals surface area (Å²) in [5, 5.41) is 34.7. The minimum absolute atomic E-state index is 0.0367. The largest absolute Gasteiger partial charge is 0.481 e. The number of Topliss-reactive ketones (excluding diaryl/α,β-unsaturated/α-hetero) is 3. The molecular weight excluding hydrogens is 1190 g/mol. The molecule has 2 aromatic heterocycles. The molecule has 3 aliphatic rings. The molecule has 91 heavy (non-hydrogen) atoms. The molecule has 7 rings (SSSR count). The van der Waals surface area contributed by atoms with Gasteiger partial charge in [0.25, 0.3) is 5.56 Å². The lowest BCUT2D eigenvalue weighted by atomic mass is 9.81. The molecule has 0 saturated carbocycles. The van der Waals surface area contributed by atoms with E-state index in [9.17, 15) is 63.0 Å². The van der Waals surface area contributed by atoms with Gasteiger partial charge in [0.05, 0.1) is 80.7 Å². The molecule has 0 saturated heterocycles. The molecule has 28 heteroatoms. The Balaban J connectivity index is 0.867. The molecule has 4 heterocycles. The number of aliphatic carboxylic acids is 1. The van der Waals surface area contributed by atoms with Crippen LogP contribution in [0.3, 0.4) is 0 Å². The number of urea groups is 1. The van der Waals surface area contributed by atoms with E-state index in [0.717, 1.165) is 5.56 Å². The monoisotopic (exact) mass is 1270 g/mol. The molecular formula is C63H80FN9O18. The molecule has 492 valence electrons. The Labute approximate surface area is 523 Å². The molecule has 0 bridgehead atoms. The number of primary amides is 1. The highest BCUT2D eigenvalue weighted by molar-refractivity contribution is 5.98. The highest BCUT2D eigenvalue weighted by Crippen LogP contribution is 2.46. The first kappa shape index (κ1) is 69.9. The lowest BCUT2D eigenvalue weighted by Crippen LogP contribution is -2.48. The third-order valence-electron chi connectivity index (χ3n) is 16.4. The van der Waals surface area contributed by atoms with Gasteiger partial charge in [-0.15, -0.1) is 0 Å². The van der Waals surface area contributed by atoms with E-state index < -0.39 is 120 Å². The minimum atomic E-state index is -2.06. The maximum absolute atomic E-state index is 15.4. The van der Waals surface area contributed by atoms with E-state index in [1.165, 1.54) is 22.8 Å². The van der Waals surface area contributed by atoms with E-state index in [4.69, 9.17) is 40.1 Å². The number of carboxylic acid groups (broad SMARTS) is 1. The fraction of sp³-hybridized carbons (Fsp3) is 0.524. The topological polar surface area (TPSA) is 404 Å². The fourth-order valence-electron chi connectivity index (χ4n) is 11.4. The quantitative estimate of drug-likeness (QED) is 0.0205. The highest BCUT2D eigenvalue weighted by Gasteiger charge is 2.46. The zero-order valence-electron chi connectivity index (χ0n) is 51.5. The molecule has 5 atom stereocenters. The molecule has 0 unspecified atom stereocenters. The lowest BCUT2D eigenvalue weighted by Gasteiger charge is -2.31. The molecule has 0 spiro atoms. The van der Waals surface area contributed by atoms with E-state index in [1.807, 2.05) is 0 Å².